The van der Waals surface area contributed by atoms with Crippen molar-refractivity contribution >= 4 is 17.7 Å². The Hall–Kier alpha value is -4.07. The molecule has 0 saturated heterocycles. The van der Waals surface area contributed by atoms with Crippen LogP contribution >= 0.6 is 0 Å². The minimum Gasteiger partial charge on any atom is -0.462 e. The molecule has 7 nitrogen and oxygen atoms in total. The fourth-order valence-electron chi connectivity index (χ4n) is 3.38. The number of carbonyl (C=O) groups excluding carboxylic acids is 2. The zero-order valence-electron chi connectivity index (χ0n) is 18.0. The molecule has 2 amide bonds. The second kappa shape index (κ2) is 10.0. The number of nitrogens with zero attached hydrogens (tertiary/aromatic N) is 1. The fourth-order valence-corrected chi connectivity index (χ4v) is 3.38. The molecule has 3 aromatic carbocycles. The number of carbonyl (C=O) groups is 2. The van der Waals surface area contributed by atoms with Crippen LogP contribution in [0.15, 0.2) is 66.7 Å². The smallest absolute Gasteiger partial charge is 0.338 e. The number of urea groups is 1. The molecule has 1 N–H and O–H groups in total. The number of esters is 1. The van der Waals surface area contributed by atoms with Crippen molar-refractivity contribution in [2.24, 2.45) is 0 Å². The van der Waals surface area contributed by atoms with Crippen molar-refractivity contribution in [2.75, 3.05) is 18.7 Å². The molecule has 3 aromatic rings. The summed E-state index contributed by atoms with van der Waals surface area (Å²) < 4.78 is 29.1. The maximum absolute atomic E-state index is 13.3. The molecule has 0 unspecified atom stereocenters. The van der Waals surface area contributed by atoms with E-state index in [0.717, 1.165) is 11.1 Å². The molecular weight excluding hydrogens is 427 g/mol. The van der Waals surface area contributed by atoms with E-state index >= 15 is 0 Å². The van der Waals surface area contributed by atoms with Crippen LogP contribution in [0, 0.1) is 5.82 Å². The molecule has 1 aliphatic rings. The summed E-state index contributed by atoms with van der Waals surface area (Å²) in [7, 11) is 0. The third-order valence-corrected chi connectivity index (χ3v) is 5.03. The van der Waals surface area contributed by atoms with E-state index in [-0.39, 0.29) is 31.8 Å². The fraction of sp³-hybridized carbons (Fsp3) is 0.200. The van der Waals surface area contributed by atoms with Gasteiger partial charge in [0.2, 0.25) is 6.79 Å². The van der Waals surface area contributed by atoms with Crippen molar-refractivity contribution in [1.29, 1.82) is 0 Å². The maximum Gasteiger partial charge on any atom is 0.338 e. The first-order valence-corrected chi connectivity index (χ1v) is 10.5. The highest BCUT2D eigenvalue weighted by Crippen LogP contribution is 2.33. The highest BCUT2D eigenvalue weighted by atomic mass is 19.1. The Labute approximate surface area is 190 Å². The monoisotopic (exact) mass is 450 g/mol. The molecule has 0 atom stereocenters. The average molecular weight is 450 g/mol. The average Bonchev–Trinajstić information content (AvgIpc) is 3.28. The molecule has 1 heterocycles. The minimum absolute atomic E-state index is 0.167. The molecular formula is C25H23FN2O5. The Morgan fingerprint density at radius 1 is 0.939 bits per heavy atom. The summed E-state index contributed by atoms with van der Waals surface area (Å²) >= 11 is 0. The van der Waals surface area contributed by atoms with Crippen LogP contribution in [-0.2, 0) is 17.8 Å². The van der Waals surface area contributed by atoms with E-state index < -0.39 is 5.97 Å². The number of anilines is 1. The van der Waals surface area contributed by atoms with Gasteiger partial charge in [0, 0.05) is 18.8 Å². The van der Waals surface area contributed by atoms with Crippen LogP contribution in [0.3, 0.4) is 0 Å². The van der Waals surface area contributed by atoms with Crippen molar-refractivity contribution in [1.82, 2.24) is 4.90 Å². The Morgan fingerprint density at radius 3 is 2.33 bits per heavy atom. The van der Waals surface area contributed by atoms with Gasteiger partial charge in [0.1, 0.15) is 5.82 Å². The van der Waals surface area contributed by atoms with Crippen molar-refractivity contribution in [3.63, 3.8) is 0 Å². The first-order chi connectivity index (χ1) is 16.0. The lowest BCUT2D eigenvalue weighted by molar-refractivity contribution is 0.0526. The number of amides is 2. The molecule has 0 aromatic heterocycles. The third kappa shape index (κ3) is 5.60. The highest BCUT2D eigenvalue weighted by Gasteiger charge is 2.19. The second-order valence-corrected chi connectivity index (χ2v) is 7.40. The van der Waals surface area contributed by atoms with Crippen LogP contribution in [0.5, 0.6) is 11.5 Å². The number of hydrogen-bond acceptors (Lipinski definition) is 5. The number of fused-ring (bicyclic) bond motifs is 1. The SMILES string of the molecule is CCOC(=O)c1ccc(NC(=O)N(Cc2ccc(F)cc2)Cc2ccc3c(c2)OCO3)cc1. The van der Waals surface area contributed by atoms with Gasteiger partial charge in [-0.25, -0.2) is 14.0 Å². The van der Waals surface area contributed by atoms with E-state index in [1.165, 1.54) is 12.1 Å². The number of ether oxygens (including phenoxy) is 3. The van der Waals surface area contributed by atoms with Gasteiger partial charge in [0.05, 0.1) is 12.2 Å². The predicted molar refractivity (Wildman–Crippen MR) is 120 cm³/mol. The zero-order chi connectivity index (χ0) is 23.2. The van der Waals surface area contributed by atoms with E-state index in [1.54, 1.807) is 54.3 Å². The molecule has 33 heavy (non-hydrogen) atoms. The van der Waals surface area contributed by atoms with Gasteiger partial charge < -0.3 is 24.4 Å². The van der Waals surface area contributed by atoms with Crippen molar-refractivity contribution in [3.8, 4) is 11.5 Å². The van der Waals surface area contributed by atoms with Crippen LogP contribution in [0.4, 0.5) is 14.9 Å². The summed E-state index contributed by atoms with van der Waals surface area (Å²) in [6, 6.07) is 17.6. The summed E-state index contributed by atoms with van der Waals surface area (Å²) in [4.78, 5) is 26.6. The van der Waals surface area contributed by atoms with E-state index in [4.69, 9.17) is 14.2 Å². The lowest BCUT2D eigenvalue weighted by atomic mass is 10.1. The van der Waals surface area contributed by atoms with E-state index in [1.807, 2.05) is 12.1 Å². The quantitative estimate of drug-likeness (QED) is 0.515. The van der Waals surface area contributed by atoms with E-state index in [2.05, 4.69) is 5.32 Å². The van der Waals surface area contributed by atoms with Crippen LogP contribution < -0.4 is 14.8 Å². The highest BCUT2D eigenvalue weighted by molar-refractivity contribution is 5.92. The minimum atomic E-state index is -0.420. The number of hydrogen-bond donors (Lipinski definition) is 1. The number of halogens is 1. The number of rotatable bonds is 7. The Kier molecular flexibility index (Phi) is 6.73. The van der Waals surface area contributed by atoms with Crippen LogP contribution in [0.25, 0.3) is 0 Å². The summed E-state index contributed by atoms with van der Waals surface area (Å²) in [5, 5.41) is 2.85. The summed E-state index contributed by atoms with van der Waals surface area (Å²) in [6.45, 7) is 2.75. The summed E-state index contributed by atoms with van der Waals surface area (Å²) in [5.41, 5.74) is 2.57. The second-order valence-electron chi connectivity index (χ2n) is 7.40. The van der Waals surface area contributed by atoms with Crippen molar-refractivity contribution < 1.29 is 28.2 Å². The molecule has 0 saturated carbocycles. The van der Waals surface area contributed by atoms with Gasteiger partial charge in [-0.05, 0) is 66.6 Å². The van der Waals surface area contributed by atoms with Crippen LogP contribution in [-0.4, -0.2) is 30.3 Å². The topological polar surface area (TPSA) is 77.1 Å². The standard InChI is InChI=1S/C25H23FN2O5/c1-2-31-24(29)19-6-10-21(11-7-19)27-25(30)28(14-17-3-8-20(26)9-4-17)15-18-5-12-22-23(13-18)33-16-32-22/h3-13H,2,14-16H2,1H3,(H,27,30). The molecule has 170 valence electrons. The van der Waals surface area contributed by atoms with Gasteiger partial charge in [-0.1, -0.05) is 18.2 Å². The molecule has 0 radical (unpaired) electrons. The molecule has 1 aliphatic heterocycles. The van der Waals surface area contributed by atoms with E-state index in [9.17, 15) is 14.0 Å². The van der Waals surface area contributed by atoms with Gasteiger partial charge in [-0.2, -0.15) is 0 Å². The van der Waals surface area contributed by atoms with Crippen molar-refractivity contribution in [2.45, 2.75) is 20.0 Å². The predicted octanol–water partition coefficient (Wildman–Crippen LogP) is 4.97. The Morgan fingerprint density at radius 2 is 1.61 bits per heavy atom. The van der Waals surface area contributed by atoms with Gasteiger partial charge in [0.25, 0.3) is 0 Å². The lowest BCUT2D eigenvalue weighted by Gasteiger charge is -2.24. The molecule has 0 bridgehead atoms. The Bertz CT molecular complexity index is 1130. The first kappa shape index (κ1) is 22.1. The maximum atomic E-state index is 13.3. The van der Waals surface area contributed by atoms with Gasteiger partial charge >= 0.3 is 12.0 Å². The number of nitrogens with one attached hydrogen (secondary N) is 1. The van der Waals surface area contributed by atoms with Crippen molar-refractivity contribution in [3.05, 3.63) is 89.2 Å². The third-order valence-electron chi connectivity index (χ3n) is 5.03. The molecule has 0 aliphatic carbocycles. The largest absolute Gasteiger partial charge is 0.462 e. The normalized spacial score (nSPS) is 11.7. The number of benzene rings is 3. The molecule has 8 heteroatoms. The van der Waals surface area contributed by atoms with Crippen LogP contribution in [0.1, 0.15) is 28.4 Å². The molecule has 0 spiro atoms. The first-order valence-electron chi connectivity index (χ1n) is 10.5. The lowest BCUT2D eigenvalue weighted by Crippen LogP contribution is -2.34. The van der Waals surface area contributed by atoms with Gasteiger partial charge in [-0.15, -0.1) is 0 Å². The zero-order valence-corrected chi connectivity index (χ0v) is 18.0. The Balaban J connectivity index is 1.51. The molecule has 0 fully saturated rings. The summed E-state index contributed by atoms with van der Waals surface area (Å²) in [6.07, 6.45) is 0. The van der Waals surface area contributed by atoms with Crippen LogP contribution in [0.2, 0.25) is 0 Å². The summed E-state index contributed by atoms with van der Waals surface area (Å²) in [5.74, 6) is 0.530. The van der Waals surface area contributed by atoms with E-state index in [0.29, 0.717) is 29.3 Å². The van der Waals surface area contributed by atoms with Gasteiger partial charge in [0.15, 0.2) is 11.5 Å². The molecule has 4 rings (SSSR count). The van der Waals surface area contributed by atoms with Gasteiger partial charge in [-0.3, -0.25) is 0 Å².